The van der Waals surface area contributed by atoms with E-state index in [1.54, 1.807) is 0 Å². The van der Waals surface area contributed by atoms with Crippen molar-refractivity contribution in [3.8, 4) is 11.3 Å². The molecule has 1 aromatic heterocycles. The number of nitrogens with zero attached hydrogens (tertiary/aromatic N) is 2. The third-order valence-corrected chi connectivity index (χ3v) is 5.08. The molecule has 0 amide bonds. The fourth-order valence-electron chi connectivity index (χ4n) is 3.46. The predicted molar refractivity (Wildman–Crippen MR) is 94.7 cm³/mol. The topological polar surface area (TPSA) is 72.4 Å². The maximum absolute atomic E-state index is 10.3. The number of benzene rings is 1. The summed E-state index contributed by atoms with van der Waals surface area (Å²) in [5, 5.41) is 27.1. The Morgan fingerprint density at radius 3 is 2.88 bits per heavy atom. The minimum absolute atomic E-state index is 0.152. The maximum atomic E-state index is 10.3. The molecule has 1 saturated heterocycles. The number of aromatic amines is 1. The van der Waals surface area contributed by atoms with Gasteiger partial charge >= 0.3 is 0 Å². The molecule has 3 N–H and O–H groups in total. The van der Waals surface area contributed by atoms with Gasteiger partial charge in [-0.2, -0.15) is 5.10 Å². The average molecular weight is 329 g/mol. The van der Waals surface area contributed by atoms with Crippen LogP contribution in [0.2, 0.25) is 0 Å². The molecule has 5 nitrogen and oxygen atoms in total. The molecule has 1 atom stereocenters. The van der Waals surface area contributed by atoms with E-state index in [9.17, 15) is 10.2 Å². The molecule has 0 saturated carbocycles. The van der Waals surface area contributed by atoms with Crippen molar-refractivity contribution < 1.29 is 10.2 Å². The van der Waals surface area contributed by atoms with Gasteiger partial charge in [0.1, 0.15) is 0 Å². The average Bonchev–Trinajstić information content (AvgIpc) is 2.94. The predicted octanol–water partition coefficient (Wildman–Crippen LogP) is 2.40. The van der Waals surface area contributed by atoms with Crippen molar-refractivity contribution in [2.45, 2.75) is 45.3 Å². The van der Waals surface area contributed by atoms with Crippen LogP contribution in [0.3, 0.4) is 0 Å². The van der Waals surface area contributed by atoms with Gasteiger partial charge in [-0.3, -0.25) is 10.00 Å². The molecule has 0 unspecified atom stereocenters. The van der Waals surface area contributed by atoms with Gasteiger partial charge in [0.15, 0.2) is 0 Å². The lowest BCUT2D eigenvalue weighted by atomic mass is 9.96. The highest BCUT2D eigenvalue weighted by atomic mass is 16.3. The Bertz CT molecular complexity index is 698. The van der Waals surface area contributed by atoms with Crippen LogP contribution in [0, 0.1) is 13.8 Å². The molecule has 3 rings (SSSR count). The molecular formula is C19H27N3O2. The molecule has 2 heterocycles. The Morgan fingerprint density at radius 2 is 2.08 bits per heavy atom. The normalized spacial score (nSPS) is 22.5. The van der Waals surface area contributed by atoms with E-state index in [2.05, 4.69) is 47.1 Å². The molecule has 130 valence electrons. The van der Waals surface area contributed by atoms with Crippen LogP contribution in [-0.2, 0) is 6.54 Å². The van der Waals surface area contributed by atoms with Gasteiger partial charge in [-0.15, -0.1) is 0 Å². The van der Waals surface area contributed by atoms with Crippen LogP contribution in [0.25, 0.3) is 11.3 Å². The number of aryl methyl sites for hydroxylation is 2. The van der Waals surface area contributed by atoms with Crippen molar-refractivity contribution in [3.05, 3.63) is 41.1 Å². The molecule has 2 aromatic rings. The number of aliphatic hydroxyl groups excluding tert-OH is 1. The Hall–Kier alpha value is -1.69. The SMILES string of the molecule is Cc1ccc(C)c(-c2[nH]ncc2CN2CCC[C@](O)(CO)CC2)c1. The van der Waals surface area contributed by atoms with Crippen LogP contribution in [0.5, 0.6) is 0 Å². The number of H-pyrrole nitrogens is 1. The van der Waals surface area contributed by atoms with Gasteiger partial charge in [-0.1, -0.05) is 17.7 Å². The standard InChI is InChI=1S/C19H27N3O2/c1-14-4-5-15(2)17(10-14)18-16(11-20-21-18)12-22-8-3-6-19(24,13-23)7-9-22/h4-5,10-11,23-24H,3,6-9,12-13H2,1-2H3,(H,20,21)/t19-/m1/s1. The third-order valence-electron chi connectivity index (χ3n) is 5.08. The summed E-state index contributed by atoms with van der Waals surface area (Å²) in [6.07, 6.45) is 4.07. The van der Waals surface area contributed by atoms with E-state index in [0.29, 0.717) is 12.8 Å². The lowest BCUT2D eigenvalue weighted by Crippen LogP contribution is -2.34. The molecule has 0 bridgehead atoms. The molecular weight excluding hydrogens is 302 g/mol. The summed E-state index contributed by atoms with van der Waals surface area (Å²) in [7, 11) is 0. The van der Waals surface area contributed by atoms with Crippen molar-refractivity contribution >= 4 is 0 Å². The zero-order valence-corrected chi connectivity index (χ0v) is 14.5. The first-order valence-electron chi connectivity index (χ1n) is 8.66. The van der Waals surface area contributed by atoms with Gasteiger partial charge in [0, 0.05) is 24.2 Å². The molecule has 0 spiro atoms. The highest BCUT2D eigenvalue weighted by molar-refractivity contribution is 5.67. The molecule has 1 aliphatic rings. The van der Waals surface area contributed by atoms with Gasteiger partial charge in [0.25, 0.3) is 0 Å². The van der Waals surface area contributed by atoms with Crippen LogP contribution in [0.4, 0.5) is 0 Å². The van der Waals surface area contributed by atoms with Crippen LogP contribution in [-0.4, -0.2) is 50.6 Å². The summed E-state index contributed by atoms with van der Waals surface area (Å²) >= 11 is 0. The minimum Gasteiger partial charge on any atom is -0.393 e. The number of likely N-dealkylation sites (tertiary alicyclic amines) is 1. The first-order valence-corrected chi connectivity index (χ1v) is 8.66. The number of hydrogen-bond donors (Lipinski definition) is 3. The zero-order valence-electron chi connectivity index (χ0n) is 14.5. The second kappa shape index (κ2) is 7.05. The second-order valence-corrected chi connectivity index (χ2v) is 7.10. The van der Waals surface area contributed by atoms with E-state index in [0.717, 1.165) is 31.7 Å². The van der Waals surface area contributed by atoms with Crippen molar-refractivity contribution in [2.24, 2.45) is 0 Å². The van der Waals surface area contributed by atoms with E-state index >= 15 is 0 Å². The number of aliphatic hydroxyl groups is 2. The fourth-order valence-corrected chi connectivity index (χ4v) is 3.46. The molecule has 0 aliphatic carbocycles. The largest absolute Gasteiger partial charge is 0.393 e. The molecule has 1 aliphatic heterocycles. The maximum Gasteiger partial charge on any atom is 0.0890 e. The van der Waals surface area contributed by atoms with Crippen LogP contribution in [0.1, 0.15) is 36.0 Å². The monoisotopic (exact) mass is 329 g/mol. The van der Waals surface area contributed by atoms with E-state index in [-0.39, 0.29) is 6.61 Å². The van der Waals surface area contributed by atoms with Crippen LogP contribution >= 0.6 is 0 Å². The van der Waals surface area contributed by atoms with Crippen molar-refractivity contribution in [1.29, 1.82) is 0 Å². The number of aromatic nitrogens is 2. The highest BCUT2D eigenvalue weighted by Gasteiger charge is 2.29. The summed E-state index contributed by atoms with van der Waals surface area (Å²) in [6, 6.07) is 6.46. The Labute approximate surface area is 143 Å². The van der Waals surface area contributed by atoms with Crippen molar-refractivity contribution in [3.63, 3.8) is 0 Å². The summed E-state index contributed by atoms with van der Waals surface area (Å²) in [5.74, 6) is 0. The van der Waals surface area contributed by atoms with Crippen molar-refractivity contribution in [2.75, 3.05) is 19.7 Å². The van der Waals surface area contributed by atoms with E-state index < -0.39 is 5.60 Å². The smallest absolute Gasteiger partial charge is 0.0890 e. The van der Waals surface area contributed by atoms with Gasteiger partial charge in [-0.05, 0) is 51.3 Å². The van der Waals surface area contributed by atoms with Gasteiger partial charge in [0.2, 0.25) is 0 Å². The first-order chi connectivity index (χ1) is 11.5. The first kappa shape index (κ1) is 17.1. The summed E-state index contributed by atoms with van der Waals surface area (Å²) in [5.41, 5.74) is 5.01. The van der Waals surface area contributed by atoms with E-state index in [1.165, 1.54) is 22.3 Å². The van der Waals surface area contributed by atoms with Gasteiger partial charge in [0.05, 0.1) is 24.1 Å². The van der Waals surface area contributed by atoms with E-state index in [4.69, 9.17) is 0 Å². The van der Waals surface area contributed by atoms with E-state index in [1.807, 2.05) is 6.20 Å². The number of hydrogen-bond acceptors (Lipinski definition) is 4. The lowest BCUT2D eigenvalue weighted by Gasteiger charge is -2.24. The Morgan fingerprint density at radius 1 is 1.25 bits per heavy atom. The lowest BCUT2D eigenvalue weighted by molar-refractivity contribution is -0.0255. The van der Waals surface area contributed by atoms with Gasteiger partial charge in [-0.25, -0.2) is 0 Å². The second-order valence-electron chi connectivity index (χ2n) is 7.10. The van der Waals surface area contributed by atoms with Gasteiger partial charge < -0.3 is 10.2 Å². The zero-order chi connectivity index (χ0) is 17.2. The minimum atomic E-state index is -0.916. The number of rotatable bonds is 4. The summed E-state index contributed by atoms with van der Waals surface area (Å²) < 4.78 is 0. The summed E-state index contributed by atoms with van der Waals surface area (Å²) in [6.45, 7) is 6.59. The van der Waals surface area contributed by atoms with Crippen molar-refractivity contribution in [1.82, 2.24) is 15.1 Å². The molecule has 24 heavy (non-hydrogen) atoms. The quantitative estimate of drug-likeness (QED) is 0.805. The van der Waals surface area contributed by atoms with Crippen LogP contribution in [0.15, 0.2) is 24.4 Å². The molecule has 0 radical (unpaired) electrons. The Balaban J connectivity index is 1.78. The highest BCUT2D eigenvalue weighted by Crippen LogP contribution is 2.28. The number of nitrogens with one attached hydrogen (secondary N) is 1. The third kappa shape index (κ3) is 3.69. The van der Waals surface area contributed by atoms with Crippen LogP contribution < -0.4 is 0 Å². The molecule has 1 fully saturated rings. The Kier molecular flexibility index (Phi) is 5.04. The fraction of sp³-hybridized carbons (Fsp3) is 0.526. The molecule has 5 heteroatoms. The summed E-state index contributed by atoms with van der Waals surface area (Å²) in [4.78, 5) is 2.34. The molecule has 1 aromatic carbocycles.